The van der Waals surface area contributed by atoms with Gasteiger partial charge < -0.3 is 27.4 Å². The molecular formula is Ba2Cr2O5. The summed E-state index contributed by atoms with van der Waals surface area (Å²) in [5.74, 6) is 0. The van der Waals surface area contributed by atoms with Crippen LogP contribution >= 0.6 is 0 Å². The van der Waals surface area contributed by atoms with Gasteiger partial charge in [0.2, 0.25) is 0 Å². The Morgan fingerprint density at radius 3 is 0.333 bits per heavy atom. The maximum atomic E-state index is 0. The number of rotatable bonds is 0. The van der Waals surface area contributed by atoms with Crippen LogP contribution in [0, 0.1) is 0 Å². The Morgan fingerprint density at radius 2 is 0.333 bits per heavy atom. The minimum absolute atomic E-state index is 0. The predicted octanol–water partition coefficient (Wildman–Crippen LogP) is -1.36. The zero-order valence-corrected chi connectivity index (χ0v) is 15.7. The van der Waals surface area contributed by atoms with Crippen LogP contribution in [0.5, 0.6) is 0 Å². The van der Waals surface area contributed by atoms with E-state index in [2.05, 4.69) is 0 Å². The van der Waals surface area contributed by atoms with Crippen LogP contribution in [0.4, 0.5) is 0 Å². The molecule has 0 rings (SSSR count). The van der Waals surface area contributed by atoms with Crippen LogP contribution in [0.3, 0.4) is 0 Å². The summed E-state index contributed by atoms with van der Waals surface area (Å²) >= 11 is 0. The third-order valence-corrected chi connectivity index (χ3v) is 0. The molecular weight excluding hydrogens is 459 g/mol. The van der Waals surface area contributed by atoms with E-state index in [1.807, 2.05) is 0 Å². The van der Waals surface area contributed by atoms with Crippen molar-refractivity contribution in [1.29, 1.82) is 0 Å². The Bertz CT molecular complexity index is 12.9. The van der Waals surface area contributed by atoms with E-state index in [0.717, 1.165) is 0 Å². The van der Waals surface area contributed by atoms with Crippen LogP contribution < -0.4 is 0 Å². The van der Waals surface area contributed by atoms with Gasteiger partial charge >= 0.3 is 132 Å². The summed E-state index contributed by atoms with van der Waals surface area (Å²) in [7, 11) is 0. The normalized spacial score (nSPS) is 0. The predicted molar refractivity (Wildman–Crippen MR) is 14.9 cm³/mol. The minimum atomic E-state index is 0. The standard InChI is InChI=1S/2Ba.2Cr.5O/q2*+2;2*+3;5*-2. The zero-order valence-electron chi connectivity index (χ0n) is 4.27. The molecule has 46 valence electrons. The van der Waals surface area contributed by atoms with Crippen LogP contribution in [0.25, 0.3) is 0 Å². The van der Waals surface area contributed by atoms with Gasteiger partial charge in [-0.2, -0.15) is 0 Å². The maximum Gasteiger partial charge on any atom is 3.00 e. The summed E-state index contributed by atoms with van der Waals surface area (Å²) in [5, 5.41) is 0. The van der Waals surface area contributed by atoms with Gasteiger partial charge in [-0.15, -0.1) is 0 Å². The molecule has 9 heteroatoms. The number of hydrogen-bond acceptors (Lipinski definition) is 0. The molecule has 0 heterocycles. The molecule has 0 atom stereocenters. The van der Waals surface area contributed by atoms with E-state index in [-0.39, 0.29) is 160 Å². The molecule has 0 aromatic heterocycles. The Labute approximate surface area is 156 Å². The molecule has 0 unspecified atom stereocenters. The molecule has 0 bridgehead atoms. The van der Waals surface area contributed by atoms with Gasteiger partial charge in [0.1, 0.15) is 0 Å². The van der Waals surface area contributed by atoms with Crippen LogP contribution in [-0.2, 0) is 62.1 Å². The van der Waals surface area contributed by atoms with Crippen LogP contribution in [-0.4, -0.2) is 97.8 Å². The average Bonchev–Trinajstić information content (AvgIpc) is 0. The van der Waals surface area contributed by atoms with Crippen molar-refractivity contribution >= 4 is 97.8 Å². The van der Waals surface area contributed by atoms with E-state index >= 15 is 0 Å². The molecule has 2 radical (unpaired) electrons. The molecule has 5 nitrogen and oxygen atoms in total. The largest absolute Gasteiger partial charge is 3.00 e. The van der Waals surface area contributed by atoms with Crippen molar-refractivity contribution in [2.75, 3.05) is 0 Å². The first-order chi connectivity index (χ1) is 0. The molecule has 0 aromatic carbocycles. The summed E-state index contributed by atoms with van der Waals surface area (Å²) in [6.07, 6.45) is 0. The molecule has 0 spiro atoms. The van der Waals surface area contributed by atoms with Crippen LogP contribution in [0.1, 0.15) is 0 Å². The molecule has 0 amide bonds. The van der Waals surface area contributed by atoms with Gasteiger partial charge in [-0.25, -0.2) is 0 Å². The molecule has 0 saturated carbocycles. The van der Waals surface area contributed by atoms with E-state index in [4.69, 9.17) is 0 Å². The van der Waals surface area contributed by atoms with E-state index < -0.39 is 0 Å². The topological polar surface area (TPSA) is 142 Å². The third-order valence-electron chi connectivity index (χ3n) is 0. The van der Waals surface area contributed by atoms with Crippen molar-refractivity contribution in [3.05, 3.63) is 0 Å². The van der Waals surface area contributed by atoms with Crippen molar-refractivity contribution in [2.45, 2.75) is 0 Å². The SMILES string of the molecule is [Ba+2].[Ba+2].[Cr+3].[Cr+3].[O-2].[O-2].[O-2].[O-2].[O-2]. The first kappa shape index (κ1) is 117. The molecule has 0 N–H and O–H groups in total. The molecule has 0 aromatic rings. The van der Waals surface area contributed by atoms with Gasteiger partial charge in [0.15, 0.2) is 0 Å². The summed E-state index contributed by atoms with van der Waals surface area (Å²) in [6.45, 7) is 0. The fraction of sp³-hybridized carbons (Fsp3) is 0. The van der Waals surface area contributed by atoms with Crippen molar-refractivity contribution in [1.82, 2.24) is 0 Å². The van der Waals surface area contributed by atoms with E-state index in [1.54, 1.807) is 0 Å². The monoisotopic (exact) mass is 460 g/mol. The second-order valence-corrected chi connectivity index (χ2v) is 0. The van der Waals surface area contributed by atoms with Crippen LogP contribution in [0.2, 0.25) is 0 Å². The van der Waals surface area contributed by atoms with Crippen LogP contribution in [0.15, 0.2) is 0 Å². The van der Waals surface area contributed by atoms with Crippen molar-refractivity contribution in [3.63, 3.8) is 0 Å². The van der Waals surface area contributed by atoms with Crippen molar-refractivity contribution in [2.24, 2.45) is 0 Å². The van der Waals surface area contributed by atoms with Gasteiger partial charge in [-0.1, -0.05) is 0 Å². The van der Waals surface area contributed by atoms with E-state index in [9.17, 15) is 0 Å². The second-order valence-electron chi connectivity index (χ2n) is 0. The Morgan fingerprint density at radius 1 is 0.333 bits per heavy atom. The Hall–Kier alpha value is 4.01. The molecule has 0 aliphatic carbocycles. The quantitative estimate of drug-likeness (QED) is 0.395. The summed E-state index contributed by atoms with van der Waals surface area (Å²) in [6, 6.07) is 0. The van der Waals surface area contributed by atoms with Gasteiger partial charge in [0, 0.05) is 0 Å². The maximum absolute atomic E-state index is 0. The Balaban J connectivity index is 0. The molecule has 0 fully saturated rings. The van der Waals surface area contributed by atoms with Gasteiger partial charge in [-0.3, -0.25) is 0 Å². The fourth-order valence-corrected chi connectivity index (χ4v) is 0. The molecule has 0 saturated heterocycles. The smallest absolute Gasteiger partial charge is 2.00 e. The zero-order chi connectivity index (χ0) is 0. The van der Waals surface area contributed by atoms with Gasteiger partial charge in [0.25, 0.3) is 0 Å². The average molecular weight is 459 g/mol. The Kier molecular flexibility index (Phi) is 1180. The van der Waals surface area contributed by atoms with E-state index in [1.165, 1.54) is 0 Å². The second kappa shape index (κ2) is 90.6. The first-order valence-electron chi connectivity index (χ1n) is 0. The van der Waals surface area contributed by atoms with E-state index in [0.29, 0.717) is 0 Å². The summed E-state index contributed by atoms with van der Waals surface area (Å²) in [4.78, 5) is 0. The molecule has 9 heavy (non-hydrogen) atoms. The summed E-state index contributed by atoms with van der Waals surface area (Å²) in [5.41, 5.74) is 0. The molecule has 0 aliphatic rings. The minimum Gasteiger partial charge on any atom is -2.00 e. The van der Waals surface area contributed by atoms with Crippen molar-refractivity contribution in [3.8, 4) is 0 Å². The summed E-state index contributed by atoms with van der Waals surface area (Å²) < 4.78 is 0. The third kappa shape index (κ3) is 74.9. The molecule has 0 aliphatic heterocycles. The first-order valence-corrected chi connectivity index (χ1v) is 0. The van der Waals surface area contributed by atoms with Gasteiger partial charge in [-0.05, 0) is 0 Å². The fourth-order valence-electron chi connectivity index (χ4n) is 0. The van der Waals surface area contributed by atoms with Crippen molar-refractivity contribution < 1.29 is 62.1 Å². The van der Waals surface area contributed by atoms with Gasteiger partial charge in [0.05, 0.1) is 0 Å². The number of hydrogen-bond donors (Lipinski definition) is 0.